The summed E-state index contributed by atoms with van der Waals surface area (Å²) in [5.41, 5.74) is 6.57. The Kier molecular flexibility index (Phi) is 7.32. The Morgan fingerprint density at radius 2 is 1.79 bits per heavy atom. The van der Waals surface area contributed by atoms with Gasteiger partial charge >= 0.3 is 11.9 Å². The summed E-state index contributed by atoms with van der Waals surface area (Å²) in [7, 11) is 0. The first-order chi connectivity index (χ1) is 13.2. The van der Waals surface area contributed by atoms with Crippen LogP contribution in [-0.2, 0) is 28.6 Å². The van der Waals surface area contributed by atoms with Gasteiger partial charge in [-0.1, -0.05) is 0 Å². The van der Waals surface area contributed by atoms with E-state index in [0.29, 0.717) is 11.4 Å². The van der Waals surface area contributed by atoms with E-state index in [4.69, 9.17) is 24.7 Å². The van der Waals surface area contributed by atoms with Gasteiger partial charge in [-0.3, -0.25) is 14.4 Å². The molecule has 10 heteroatoms. The third-order valence-electron chi connectivity index (χ3n) is 3.90. The van der Waals surface area contributed by atoms with Crippen molar-refractivity contribution in [3.63, 3.8) is 0 Å². The van der Waals surface area contributed by atoms with E-state index in [1.165, 1.54) is 20.8 Å². The van der Waals surface area contributed by atoms with Gasteiger partial charge in [0.05, 0.1) is 6.04 Å². The van der Waals surface area contributed by atoms with Crippen molar-refractivity contribution in [1.82, 2.24) is 0 Å². The molecule has 1 aliphatic heterocycles. The molecule has 1 amide bonds. The average Bonchev–Trinajstić information content (AvgIpc) is 2.61. The van der Waals surface area contributed by atoms with Crippen LogP contribution in [0.25, 0.3) is 0 Å². The number of aliphatic hydroxyl groups excluding tert-OH is 1. The van der Waals surface area contributed by atoms with E-state index in [2.05, 4.69) is 5.32 Å². The maximum atomic E-state index is 11.3. The van der Waals surface area contributed by atoms with Crippen molar-refractivity contribution >= 4 is 23.5 Å². The van der Waals surface area contributed by atoms with E-state index >= 15 is 0 Å². The monoisotopic (exact) mass is 396 g/mol. The first kappa shape index (κ1) is 21.6. The second-order valence-electron chi connectivity index (χ2n) is 6.31. The lowest BCUT2D eigenvalue weighted by Gasteiger charge is -2.42. The van der Waals surface area contributed by atoms with Crippen LogP contribution in [0.4, 0.5) is 5.69 Å². The molecule has 2 rings (SSSR count). The number of nitrogens with one attached hydrogen (secondary N) is 1. The van der Waals surface area contributed by atoms with Gasteiger partial charge in [0.1, 0.15) is 24.6 Å². The Morgan fingerprint density at radius 3 is 2.32 bits per heavy atom. The van der Waals surface area contributed by atoms with Crippen molar-refractivity contribution in [2.24, 2.45) is 5.73 Å². The van der Waals surface area contributed by atoms with Gasteiger partial charge in [0.2, 0.25) is 12.2 Å². The van der Waals surface area contributed by atoms with Crippen LogP contribution in [0.3, 0.4) is 0 Å². The van der Waals surface area contributed by atoms with E-state index in [-0.39, 0.29) is 12.5 Å². The molecule has 1 heterocycles. The van der Waals surface area contributed by atoms with Crippen molar-refractivity contribution in [2.75, 3.05) is 11.9 Å². The summed E-state index contributed by atoms with van der Waals surface area (Å²) in [6, 6.07) is 5.40. The number of amides is 1. The number of esters is 2. The summed E-state index contributed by atoms with van der Waals surface area (Å²) in [5, 5.41) is 13.1. The summed E-state index contributed by atoms with van der Waals surface area (Å²) >= 11 is 0. The molecule has 1 saturated heterocycles. The summed E-state index contributed by atoms with van der Waals surface area (Å²) < 4.78 is 21.4. The number of benzene rings is 1. The molecule has 1 fully saturated rings. The SMILES string of the molecule is CC(=O)Nc1ccc(O[C@H]2O[C@H](COC(C)=O)[C@@H](OC(C)=O)C(O)[C@H]2N)cc1. The summed E-state index contributed by atoms with van der Waals surface area (Å²) in [6.07, 6.45) is -4.48. The molecule has 0 aromatic heterocycles. The van der Waals surface area contributed by atoms with Crippen LogP contribution in [0.1, 0.15) is 20.8 Å². The largest absolute Gasteiger partial charge is 0.463 e. The van der Waals surface area contributed by atoms with Crippen LogP contribution in [0.5, 0.6) is 5.75 Å². The molecule has 1 aromatic carbocycles. The molecule has 5 atom stereocenters. The molecule has 0 saturated carbocycles. The summed E-state index contributed by atoms with van der Waals surface area (Å²) in [5.74, 6) is -1.03. The fourth-order valence-corrected chi connectivity index (χ4v) is 2.67. The van der Waals surface area contributed by atoms with Crippen LogP contribution >= 0.6 is 0 Å². The van der Waals surface area contributed by atoms with Crippen molar-refractivity contribution in [1.29, 1.82) is 0 Å². The number of anilines is 1. The maximum Gasteiger partial charge on any atom is 0.303 e. The fraction of sp³-hybridized carbons (Fsp3) is 0.500. The molecule has 1 unspecified atom stereocenters. The highest BCUT2D eigenvalue weighted by Gasteiger charge is 2.47. The average molecular weight is 396 g/mol. The van der Waals surface area contributed by atoms with Crippen molar-refractivity contribution in [3.8, 4) is 5.75 Å². The minimum Gasteiger partial charge on any atom is -0.463 e. The molecule has 154 valence electrons. The molecule has 0 bridgehead atoms. The van der Waals surface area contributed by atoms with Gasteiger partial charge < -0.3 is 35.1 Å². The minimum absolute atomic E-state index is 0.209. The number of nitrogens with two attached hydrogens (primary N) is 1. The number of carbonyl (C=O) groups is 3. The standard InChI is InChI=1S/C18H24N2O8/c1-9(21)20-12-4-6-13(7-5-12)27-18-15(19)16(24)17(26-11(3)23)14(28-18)8-25-10(2)22/h4-7,14-18,24H,8,19H2,1-3H3,(H,20,21)/t14-,15-,16?,17-,18+/m1/s1. The molecule has 10 nitrogen and oxygen atoms in total. The van der Waals surface area contributed by atoms with Gasteiger partial charge in [-0.2, -0.15) is 0 Å². The predicted molar refractivity (Wildman–Crippen MR) is 96.2 cm³/mol. The van der Waals surface area contributed by atoms with Crippen LogP contribution in [0.15, 0.2) is 24.3 Å². The first-order valence-corrected chi connectivity index (χ1v) is 8.61. The Balaban J connectivity index is 2.11. The molecule has 1 aliphatic rings. The van der Waals surface area contributed by atoms with Crippen LogP contribution < -0.4 is 15.8 Å². The van der Waals surface area contributed by atoms with E-state index in [9.17, 15) is 19.5 Å². The topological polar surface area (TPSA) is 146 Å². The predicted octanol–water partition coefficient (Wildman–Crippen LogP) is -0.0683. The number of ether oxygens (including phenoxy) is 4. The molecule has 4 N–H and O–H groups in total. The van der Waals surface area contributed by atoms with Gasteiger partial charge in [0.15, 0.2) is 6.10 Å². The summed E-state index contributed by atoms with van der Waals surface area (Å²) in [4.78, 5) is 33.5. The second-order valence-corrected chi connectivity index (χ2v) is 6.31. The number of aliphatic hydroxyl groups is 1. The minimum atomic E-state index is -1.30. The van der Waals surface area contributed by atoms with Crippen LogP contribution in [0, 0.1) is 0 Å². The Morgan fingerprint density at radius 1 is 1.14 bits per heavy atom. The fourth-order valence-electron chi connectivity index (χ4n) is 2.67. The molecule has 0 radical (unpaired) electrons. The van der Waals surface area contributed by atoms with Gasteiger partial charge in [-0.25, -0.2) is 0 Å². The quantitative estimate of drug-likeness (QED) is 0.562. The zero-order valence-electron chi connectivity index (χ0n) is 15.8. The molecule has 0 spiro atoms. The van der Waals surface area contributed by atoms with Crippen LogP contribution in [-0.4, -0.2) is 60.2 Å². The maximum absolute atomic E-state index is 11.3. The van der Waals surface area contributed by atoms with Crippen LogP contribution in [0.2, 0.25) is 0 Å². The Hall–Kier alpha value is -2.69. The highest BCUT2D eigenvalue weighted by atomic mass is 16.7. The van der Waals surface area contributed by atoms with Crippen molar-refractivity contribution < 1.29 is 38.4 Å². The third kappa shape index (κ3) is 5.91. The third-order valence-corrected chi connectivity index (χ3v) is 3.90. The summed E-state index contributed by atoms with van der Waals surface area (Å²) in [6.45, 7) is 3.54. The number of carbonyl (C=O) groups excluding carboxylic acids is 3. The van der Waals surface area contributed by atoms with E-state index in [1.807, 2.05) is 0 Å². The van der Waals surface area contributed by atoms with E-state index in [1.54, 1.807) is 24.3 Å². The number of hydrogen-bond donors (Lipinski definition) is 3. The highest BCUT2D eigenvalue weighted by molar-refractivity contribution is 5.88. The first-order valence-electron chi connectivity index (χ1n) is 8.61. The van der Waals surface area contributed by atoms with Crippen molar-refractivity contribution in [3.05, 3.63) is 24.3 Å². The van der Waals surface area contributed by atoms with E-state index in [0.717, 1.165) is 0 Å². The lowest BCUT2D eigenvalue weighted by molar-refractivity contribution is -0.248. The molecular weight excluding hydrogens is 372 g/mol. The Bertz CT molecular complexity index is 708. The lowest BCUT2D eigenvalue weighted by atomic mass is 9.97. The normalized spacial score (nSPS) is 26.8. The lowest BCUT2D eigenvalue weighted by Crippen LogP contribution is -2.64. The molecular formula is C18H24N2O8. The van der Waals surface area contributed by atoms with Gasteiger partial charge in [0, 0.05) is 26.5 Å². The highest BCUT2D eigenvalue weighted by Crippen LogP contribution is 2.26. The molecule has 0 aliphatic carbocycles. The Labute approximate surface area is 161 Å². The number of hydrogen-bond acceptors (Lipinski definition) is 9. The van der Waals surface area contributed by atoms with Gasteiger partial charge in [-0.15, -0.1) is 0 Å². The van der Waals surface area contributed by atoms with Gasteiger partial charge in [-0.05, 0) is 24.3 Å². The zero-order chi connectivity index (χ0) is 20.8. The molecule has 28 heavy (non-hydrogen) atoms. The van der Waals surface area contributed by atoms with Crippen molar-refractivity contribution in [2.45, 2.75) is 51.4 Å². The smallest absolute Gasteiger partial charge is 0.303 e. The zero-order valence-corrected chi connectivity index (χ0v) is 15.8. The molecule has 1 aromatic rings. The van der Waals surface area contributed by atoms with Gasteiger partial charge in [0.25, 0.3) is 0 Å². The second kappa shape index (κ2) is 9.49. The number of rotatable bonds is 6. The van der Waals surface area contributed by atoms with E-state index < -0.39 is 42.6 Å².